The largest absolute Gasteiger partial charge is 0.457 e. The maximum atomic E-state index is 14.0. The summed E-state index contributed by atoms with van der Waals surface area (Å²) in [4.78, 5) is 47.2. The number of allylic oxidation sites excluding steroid dienone is 1. The monoisotopic (exact) mass is 677 g/mol. The number of ether oxygens (including phenoxy) is 6. The number of aromatic nitrogens is 2. The number of carbonyl (C=O) groups excluding carboxylic acids is 3. The molecule has 0 N–H and O–H groups in total. The molecule has 9 unspecified atom stereocenters. The van der Waals surface area contributed by atoms with E-state index in [1.165, 1.54) is 23.3 Å². The molecule has 0 saturated carbocycles. The Morgan fingerprint density at radius 1 is 1.08 bits per heavy atom. The van der Waals surface area contributed by atoms with E-state index in [1.54, 1.807) is 41.1 Å². The second kappa shape index (κ2) is 16.4. The fourth-order valence-electron chi connectivity index (χ4n) is 7.78. The van der Waals surface area contributed by atoms with Gasteiger partial charge in [-0.2, -0.15) is 0 Å². The molecule has 48 heavy (non-hydrogen) atoms. The van der Waals surface area contributed by atoms with E-state index in [2.05, 4.69) is 23.7 Å². The first-order valence-corrected chi connectivity index (χ1v) is 17.1. The zero-order valence-electron chi connectivity index (χ0n) is 31.2. The summed E-state index contributed by atoms with van der Waals surface area (Å²) >= 11 is 0. The van der Waals surface area contributed by atoms with Crippen molar-refractivity contribution in [3.63, 3.8) is 0 Å². The third-order valence-electron chi connectivity index (χ3n) is 10.2. The van der Waals surface area contributed by atoms with E-state index in [-0.39, 0.29) is 30.0 Å². The van der Waals surface area contributed by atoms with Crippen molar-refractivity contribution in [3.05, 3.63) is 30.4 Å². The Bertz CT molecular complexity index is 1270. The van der Waals surface area contributed by atoms with E-state index < -0.39 is 59.5 Å². The van der Waals surface area contributed by atoms with Gasteiger partial charge in [0, 0.05) is 44.5 Å². The average molecular weight is 678 g/mol. The highest BCUT2D eigenvalue weighted by molar-refractivity contribution is 5.96. The van der Waals surface area contributed by atoms with Crippen molar-refractivity contribution >= 4 is 17.8 Å². The van der Waals surface area contributed by atoms with Gasteiger partial charge >= 0.3 is 12.1 Å². The van der Waals surface area contributed by atoms with Gasteiger partial charge in [-0.3, -0.25) is 9.59 Å². The fraction of sp³-hybridized carbons (Fsp3) is 0.778. The Labute approximate surface area is 286 Å². The second-order valence-corrected chi connectivity index (χ2v) is 14.8. The van der Waals surface area contributed by atoms with Crippen molar-refractivity contribution in [2.75, 3.05) is 28.3 Å². The lowest BCUT2D eigenvalue weighted by atomic mass is 9.70. The molecular weight excluding hydrogens is 618 g/mol. The third-order valence-corrected chi connectivity index (χ3v) is 10.2. The summed E-state index contributed by atoms with van der Waals surface area (Å²) in [5, 5.41) is 0. The predicted molar refractivity (Wildman–Crippen MR) is 180 cm³/mol. The van der Waals surface area contributed by atoms with Crippen LogP contribution in [0.3, 0.4) is 0 Å². The van der Waals surface area contributed by atoms with Crippen LogP contribution in [0.15, 0.2) is 30.4 Å². The smallest absolute Gasteiger partial charge is 0.420 e. The van der Waals surface area contributed by atoms with Crippen molar-refractivity contribution in [3.8, 4) is 0 Å². The number of esters is 1. The van der Waals surface area contributed by atoms with Crippen molar-refractivity contribution in [1.82, 2.24) is 14.5 Å². The molecule has 1 aromatic heterocycles. The molecule has 0 aliphatic carbocycles. The van der Waals surface area contributed by atoms with Crippen molar-refractivity contribution in [2.24, 2.45) is 23.2 Å². The summed E-state index contributed by atoms with van der Waals surface area (Å²) in [5.41, 5.74) is -1.66. The van der Waals surface area contributed by atoms with E-state index in [0.717, 1.165) is 6.42 Å². The molecular formula is C36H59N3O9. The highest BCUT2D eigenvalue weighted by atomic mass is 16.7. The number of carbonyl (C=O) groups is 3. The van der Waals surface area contributed by atoms with Gasteiger partial charge in [0.05, 0.1) is 24.2 Å². The van der Waals surface area contributed by atoms with E-state index >= 15 is 0 Å². The molecule has 11 atom stereocenters. The molecule has 3 heterocycles. The van der Waals surface area contributed by atoms with Gasteiger partial charge < -0.3 is 33.3 Å². The van der Waals surface area contributed by atoms with Gasteiger partial charge in [-0.25, -0.2) is 14.3 Å². The number of nitrogens with zero attached hydrogens (tertiary/aromatic N) is 3. The fourth-order valence-corrected chi connectivity index (χ4v) is 7.78. The van der Waals surface area contributed by atoms with Crippen LogP contribution in [0.25, 0.3) is 0 Å². The lowest BCUT2D eigenvalue weighted by Gasteiger charge is -2.48. The maximum absolute atomic E-state index is 14.0. The number of methoxy groups -OCH3 is 2. The van der Waals surface area contributed by atoms with Crippen LogP contribution >= 0.6 is 0 Å². The minimum atomic E-state index is -1.46. The molecule has 12 heteroatoms. The summed E-state index contributed by atoms with van der Waals surface area (Å²) in [6.45, 7) is 17.0. The lowest BCUT2D eigenvalue weighted by Crippen LogP contribution is -2.58. The van der Waals surface area contributed by atoms with Gasteiger partial charge in [-0.15, -0.1) is 0 Å². The Morgan fingerprint density at radius 3 is 2.27 bits per heavy atom. The summed E-state index contributed by atoms with van der Waals surface area (Å²) in [6, 6.07) is 0.0595. The molecule has 2 aliphatic heterocycles. The Hall–Kier alpha value is -2.64. The van der Waals surface area contributed by atoms with Gasteiger partial charge in [-0.05, 0) is 78.1 Å². The first-order chi connectivity index (χ1) is 22.4. The highest BCUT2D eigenvalue weighted by Gasteiger charge is 2.49. The second-order valence-electron chi connectivity index (χ2n) is 14.8. The zero-order chi connectivity index (χ0) is 36.1. The molecule has 1 aromatic rings. The van der Waals surface area contributed by atoms with Crippen LogP contribution in [-0.2, 0) is 38.0 Å². The van der Waals surface area contributed by atoms with E-state index in [1.807, 2.05) is 41.8 Å². The molecule has 0 bridgehead atoms. The molecule has 1 fully saturated rings. The third kappa shape index (κ3) is 8.93. The van der Waals surface area contributed by atoms with Gasteiger partial charge in [0.2, 0.25) is 0 Å². The number of hydrogen-bond acceptors (Lipinski definition) is 11. The number of imidazole rings is 1. The van der Waals surface area contributed by atoms with Crippen LogP contribution in [0, 0.1) is 23.2 Å². The van der Waals surface area contributed by atoms with Crippen LogP contribution in [0.4, 0.5) is 4.79 Å². The average Bonchev–Trinajstić information content (AvgIpc) is 3.56. The summed E-state index contributed by atoms with van der Waals surface area (Å²) < 4.78 is 38.7. The van der Waals surface area contributed by atoms with E-state index in [0.29, 0.717) is 18.4 Å². The summed E-state index contributed by atoms with van der Waals surface area (Å²) in [7, 11) is 7.27. The van der Waals surface area contributed by atoms with E-state index in [9.17, 15) is 14.4 Å². The Kier molecular flexibility index (Phi) is 13.6. The molecule has 0 spiro atoms. The minimum absolute atomic E-state index is 0.0595. The topological polar surface area (TPSA) is 128 Å². The number of Topliss-reactive ketones (excluding diaryl/α,β-unsaturated/α-hetero) is 1. The van der Waals surface area contributed by atoms with Crippen LogP contribution in [-0.4, -0.2) is 109 Å². The zero-order valence-corrected chi connectivity index (χ0v) is 31.2. The minimum Gasteiger partial charge on any atom is -0.457 e. The summed E-state index contributed by atoms with van der Waals surface area (Å²) in [5.74, 6) is -2.13. The summed E-state index contributed by atoms with van der Waals surface area (Å²) in [6.07, 6.45) is 3.53. The number of likely N-dealkylation sites (N-methyl/N-ethyl adjacent to an activating group) is 1. The lowest BCUT2D eigenvalue weighted by molar-refractivity contribution is -0.295. The number of cyclic esters (lactones) is 1. The number of hydrogen-bond donors (Lipinski definition) is 0. The quantitative estimate of drug-likeness (QED) is 0.350. The van der Waals surface area contributed by atoms with Gasteiger partial charge in [-0.1, -0.05) is 34.6 Å². The molecule has 2 aliphatic rings. The number of ketones is 1. The van der Waals surface area contributed by atoms with Crippen LogP contribution in [0.5, 0.6) is 0 Å². The first kappa shape index (κ1) is 39.8. The standard InChI is InChI=1S/C36H59N3O9/c1-14-27-36(9,48-34(42)39-16-15-37-20-39)19-22(3)28(40)21(2)18-35(7,8)31(24(5)29(43-12)25(6)32(41)46-27)47-33-30(44-13)26(38(10)11)17-23(4)45-33/h15-16,19-21,23-27,29-31,33H,14,17-18H2,1-13H3/b22-19+/t21?,23-,24?,25?,26?,27-,29?,30?,31?,33?,36?/m1/s1. The van der Waals surface area contributed by atoms with Crippen molar-refractivity contribution in [1.29, 1.82) is 0 Å². The van der Waals surface area contributed by atoms with Crippen LogP contribution < -0.4 is 0 Å². The molecule has 1 saturated heterocycles. The Balaban J connectivity index is 2.11. The van der Waals surface area contributed by atoms with Gasteiger partial charge in [0.1, 0.15) is 18.5 Å². The van der Waals surface area contributed by atoms with Gasteiger partial charge in [0.15, 0.2) is 17.7 Å². The SMILES string of the molecule is CC[C@H]1OC(=O)C(C)C(OC)C(C)C(OC2O[C@H](C)CC(N(C)C)C2OC)C(C)(C)CC(C)C(=O)/C(C)=C/C1(C)OC(=O)n1ccnc1. The molecule has 0 aromatic carbocycles. The predicted octanol–water partition coefficient (Wildman–Crippen LogP) is 5.28. The molecule has 3 rings (SSSR count). The van der Waals surface area contributed by atoms with Crippen molar-refractivity contribution < 1.29 is 42.8 Å². The highest BCUT2D eigenvalue weighted by Crippen LogP contribution is 2.42. The normalized spacial score (nSPS) is 38.1. The molecule has 12 nitrogen and oxygen atoms in total. The molecule has 272 valence electrons. The number of rotatable bonds is 7. The van der Waals surface area contributed by atoms with E-state index in [4.69, 9.17) is 28.4 Å². The Morgan fingerprint density at radius 2 is 1.73 bits per heavy atom. The maximum Gasteiger partial charge on any atom is 0.420 e. The molecule has 0 amide bonds. The van der Waals surface area contributed by atoms with Crippen molar-refractivity contribution in [2.45, 2.75) is 130 Å². The first-order valence-electron chi connectivity index (χ1n) is 17.1. The van der Waals surface area contributed by atoms with Gasteiger partial charge in [0.25, 0.3) is 0 Å². The molecule has 0 radical (unpaired) electrons. The van der Waals surface area contributed by atoms with Crippen LogP contribution in [0.1, 0.15) is 81.6 Å². The van der Waals surface area contributed by atoms with Crippen LogP contribution in [0.2, 0.25) is 0 Å².